The van der Waals surface area contributed by atoms with Gasteiger partial charge in [0, 0.05) is 22.2 Å². The van der Waals surface area contributed by atoms with E-state index in [0.717, 1.165) is 0 Å². The Balaban J connectivity index is 2.19. The van der Waals surface area contributed by atoms with Crippen LogP contribution in [0.3, 0.4) is 0 Å². The molecule has 23 heavy (non-hydrogen) atoms. The van der Waals surface area contributed by atoms with Crippen molar-refractivity contribution in [3.8, 4) is 5.75 Å². The van der Waals surface area contributed by atoms with Crippen molar-refractivity contribution in [3.63, 3.8) is 0 Å². The van der Waals surface area contributed by atoms with Crippen LogP contribution in [-0.2, 0) is 0 Å². The van der Waals surface area contributed by atoms with Crippen molar-refractivity contribution in [2.24, 2.45) is 5.10 Å². The number of phenols is 1. The van der Waals surface area contributed by atoms with Crippen LogP contribution in [0, 0.1) is 10.1 Å². The van der Waals surface area contributed by atoms with Crippen molar-refractivity contribution in [2.75, 3.05) is 0 Å². The number of rotatable bonds is 4. The molecule has 0 atom stereocenters. The minimum absolute atomic E-state index is 0.0620. The number of carbonyl (C=O) groups is 1. The van der Waals surface area contributed by atoms with E-state index in [-0.39, 0.29) is 17.0 Å². The maximum absolute atomic E-state index is 12.0. The lowest BCUT2D eigenvalue weighted by Crippen LogP contribution is -2.19. The van der Waals surface area contributed by atoms with Crippen molar-refractivity contribution in [2.45, 2.75) is 6.92 Å². The third-order valence-corrected chi connectivity index (χ3v) is 3.50. The summed E-state index contributed by atoms with van der Waals surface area (Å²) < 4.78 is 0.639. The highest BCUT2D eigenvalue weighted by Crippen LogP contribution is 2.21. The SMILES string of the molecule is C/C(=N/NC(=O)c1cc(Br)ccc1O)c1cccc([N+](=O)[O-])c1. The highest BCUT2D eigenvalue weighted by molar-refractivity contribution is 9.10. The Morgan fingerprint density at radius 2 is 2.04 bits per heavy atom. The van der Waals surface area contributed by atoms with Crippen LogP contribution in [-0.4, -0.2) is 21.6 Å². The molecule has 2 N–H and O–H groups in total. The van der Waals surface area contributed by atoms with Crippen LogP contribution in [0.25, 0.3) is 0 Å². The molecular weight excluding hydrogens is 366 g/mol. The van der Waals surface area contributed by atoms with E-state index in [1.807, 2.05) is 0 Å². The molecule has 8 heteroatoms. The van der Waals surface area contributed by atoms with Gasteiger partial charge in [0.05, 0.1) is 16.2 Å². The van der Waals surface area contributed by atoms with Gasteiger partial charge in [0.2, 0.25) is 0 Å². The maximum Gasteiger partial charge on any atom is 0.275 e. The third-order valence-electron chi connectivity index (χ3n) is 3.00. The first-order valence-electron chi connectivity index (χ1n) is 6.46. The Hall–Kier alpha value is -2.74. The van der Waals surface area contributed by atoms with Gasteiger partial charge in [-0.25, -0.2) is 5.43 Å². The summed E-state index contributed by atoms with van der Waals surface area (Å²) in [6, 6.07) is 10.4. The number of phenolic OH excluding ortho intramolecular Hbond substituents is 1. The number of carbonyl (C=O) groups excluding carboxylic acids is 1. The number of hydrazone groups is 1. The first-order chi connectivity index (χ1) is 10.9. The predicted molar refractivity (Wildman–Crippen MR) is 88.6 cm³/mol. The molecule has 0 bridgehead atoms. The quantitative estimate of drug-likeness (QED) is 0.484. The first-order valence-corrected chi connectivity index (χ1v) is 7.26. The van der Waals surface area contributed by atoms with E-state index in [0.29, 0.717) is 15.7 Å². The molecule has 0 heterocycles. The lowest BCUT2D eigenvalue weighted by Gasteiger charge is -2.05. The van der Waals surface area contributed by atoms with Gasteiger partial charge in [0.1, 0.15) is 5.75 Å². The Morgan fingerprint density at radius 1 is 1.30 bits per heavy atom. The van der Waals surface area contributed by atoms with Gasteiger partial charge in [0.15, 0.2) is 0 Å². The molecule has 0 unspecified atom stereocenters. The molecule has 7 nitrogen and oxygen atoms in total. The standard InChI is InChI=1S/C15H12BrN3O4/c1-9(10-3-2-4-12(7-10)19(22)23)17-18-15(21)13-8-11(16)5-6-14(13)20/h2-8,20H,1H3,(H,18,21)/b17-9-. The zero-order chi connectivity index (χ0) is 17.0. The molecule has 0 radical (unpaired) electrons. The largest absolute Gasteiger partial charge is 0.507 e. The maximum atomic E-state index is 12.0. The molecule has 0 aliphatic rings. The first kappa shape index (κ1) is 16.6. The smallest absolute Gasteiger partial charge is 0.275 e. The number of amides is 1. The third kappa shape index (κ3) is 4.13. The average Bonchev–Trinajstić information content (AvgIpc) is 2.54. The van der Waals surface area contributed by atoms with Crippen LogP contribution in [0.1, 0.15) is 22.8 Å². The molecule has 0 saturated heterocycles. The van der Waals surface area contributed by atoms with E-state index in [9.17, 15) is 20.0 Å². The van der Waals surface area contributed by atoms with Crippen LogP contribution < -0.4 is 5.43 Å². The monoisotopic (exact) mass is 377 g/mol. The topological polar surface area (TPSA) is 105 Å². The molecule has 0 aliphatic carbocycles. The van der Waals surface area contributed by atoms with Gasteiger partial charge in [-0.15, -0.1) is 0 Å². The highest BCUT2D eigenvalue weighted by atomic mass is 79.9. The van der Waals surface area contributed by atoms with Gasteiger partial charge in [-0.3, -0.25) is 14.9 Å². The summed E-state index contributed by atoms with van der Waals surface area (Å²) in [5, 5.41) is 24.3. The second-order valence-corrected chi connectivity index (χ2v) is 5.52. The fourth-order valence-electron chi connectivity index (χ4n) is 1.79. The van der Waals surface area contributed by atoms with Crippen molar-refractivity contribution >= 4 is 33.2 Å². The number of halogens is 1. The number of nitrogens with zero attached hydrogens (tertiary/aromatic N) is 2. The van der Waals surface area contributed by atoms with Crippen LogP contribution in [0.2, 0.25) is 0 Å². The molecule has 1 amide bonds. The van der Waals surface area contributed by atoms with Gasteiger partial charge >= 0.3 is 0 Å². The van der Waals surface area contributed by atoms with Gasteiger partial charge in [-0.05, 0) is 25.1 Å². The molecule has 0 saturated carbocycles. The number of aromatic hydroxyl groups is 1. The van der Waals surface area contributed by atoms with Crippen molar-refractivity contribution in [3.05, 3.63) is 68.2 Å². The number of nitro groups is 1. The van der Waals surface area contributed by atoms with E-state index in [1.165, 1.54) is 30.3 Å². The van der Waals surface area contributed by atoms with Gasteiger partial charge < -0.3 is 5.11 Å². The summed E-state index contributed by atoms with van der Waals surface area (Å²) in [7, 11) is 0. The van der Waals surface area contributed by atoms with E-state index >= 15 is 0 Å². The Labute approximate surface area is 139 Å². The number of hydrogen-bond donors (Lipinski definition) is 2. The molecule has 2 aromatic carbocycles. The molecule has 118 valence electrons. The van der Waals surface area contributed by atoms with Crippen molar-refractivity contribution in [1.29, 1.82) is 0 Å². The summed E-state index contributed by atoms with van der Waals surface area (Å²) in [6.45, 7) is 1.61. The Kier molecular flexibility index (Phi) is 5.07. The van der Waals surface area contributed by atoms with E-state index in [4.69, 9.17) is 0 Å². The highest BCUT2D eigenvalue weighted by Gasteiger charge is 2.12. The summed E-state index contributed by atoms with van der Waals surface area (Å²) in [6.07, 6.45) is 0. The molecule has 2 aromatic rings. The zero-order valence-electron chi connectivity index (χ0n) is 12.0. The van der Waals surface area contributed by atoms with E-state index in [2.05, 4.69) is 26.5 Å². The minimum atomic E-state index is -0.589. The second-order valence-electron chi connectivity index (χ2n) is 4.61. The zero-order valence-corrected chi connectivity index (χ0v) is 13.6. The number of nitrogens with one attached hydrogen (secondary N) is 1. The lowest BCUT2D eigenvalue weighted by atomic mass is 10.1. The summed E-state index contributed by atoms with van der Waals surface area (Å²) in [4.78, 5) is 22.3. The van der Waals surface area contributed by atoms with Crippen LogP contribution in [0.15, 0.2) is 52.0 Å². The fraction of sp³-hybridized carbons (Fsp3) is 0.0667. The normalized spacial score (nSPS) is 11.1. The number of benzene rings is 2. The second kappa shape index (κ2) is 7.01. The molecule has 0 aromatic heterocycles. The molecular formula is C15H12BrN3O4. The van der Waals surface area contributed by atoms with E-state index < -0.39 is 10.8 Å². The number of hydrogen-bond acceptors (Lipinski definition) is 5. The van der Waals surface area contributed by atoms with Crippen LogP contribution in [0.4, 0.5) is 5.69 Å². The van der Waals surface area contributed by atoms with Crippen LogP contribution in [0.5, 0.6) is 5.75 Å². The van der Waals surface area contributed by atoms with Gasteiger partial charge in [-0.2, -0.15) is 5.10 Å². The fourth-order valence-corrected chi connectivity index (χ4v) is 2.16. The lowest BCUT2D eigenvalue weighted by molar-refractivity contribution is -0.384. The average molecular weight is 378 g/mol. The van der Waals surface area contributed by atoms with Gasteiger partial charge in [-0.1, -0.05) is 28.1 Å². The Bertz CT molecular complexity index is 805. The summed E-state index contributed by atoms with van der Waals surface area (Å²) >= 11 is 3.21. The molecule has 0 aliphatic heterocycles. The van der Waals surface area contributed by atoms with Crippen molar-refractivity contribution in [1.82, 2.24) is 5.43 Å². The molecule has 2 rings (SSSR count). The molecule has 0 spiro atoms. The van der Waals surface area contributed by atoms with E-state index in [1.54, 1.807) is 19.1 Å². The predicted octanol–water partition coefficient (Wildman–Crippen LogP) is 3.22. The van der Waals surface area contributed by atoms with Crippen LogP contribution >= 0.6 is 15.9 Å². The Morgan fingerprint density at radius 3 is 2.74 bits per heavy atom. The number of non-ortho nitro benzene ring substituents is 1. The molecule has 0 fully saturated rings. The van der Waals surface area contributed by atoms with Crippen molar-refractivity contribution < 1.29 is 14.8 Å². The summed E-state index contributed by atoms with van der Waals surface area (Å²) in [5.41, 5.74) is 3.23. The minimum Gasteiger partial charge on any atom is -0.507 e. The summed E-state index contributed by atoms with van der Waals surface area (Å²) in [5.74, 6) is -0.762. The van der Waals surface area contributed by atoms with Gasteiger partial charge in [0.25, 0.3) is 11.6 Å². The number of nitro benzene ring substituents is 1.